The maximum atomic E-state index is 5.41. The second-order valence-electron chi connectivity index (χ2n) is 4.74. The highest BCUT2D eigenvalue weighted by Crippen LogP contribution is 2.23. The molecule has 2 N–H and O–H groups in total. The summed E-state index contributed by atoms with van der Waals surface area (Å²) in [5.41, 5.74) is 2.00. The van der Waals surface area contributed by atoms with E-state index in [0.717, 1.165) is 29.0 Å². The molecule has 3 rings (SSSR count). The average molecular weight is 303 g/mol. The molecule has 7 heteroatoms. The predicted octanol–water partition coefficient (Wildman–Crippen LogP) is 3.16. The highest BCUT2D eigenvalue weighted by atomic mass is 32.2. The largest absolute Gasteiger partial charge is 0.408 e. The van der Waals surface area contributed by atoms with Crippen molar-refractivity contribution in [2.75, 3.05) is 17.3 Å². The molecule has 0 saturated heterocycles. The summed E-state index contributed by atoms with van der Waals surface area (Å²) in [7, 11) is 0. The maximum absolute atomic E-state index is 5.41. The van der Waals surface area contributed by atoms with Gasteiger partial charge in [-0.15, -0.1) is 5.10 Å². The van der Waals surface area contributed by atoms with Gasteiger partial charge in [0.05, 0.1) is 17.1 Å². The van der Waals surface area contributed by atoms with Crippen molar-refractivity contribution < 1.29 is 4.42 Å². The molecule has 1 atom stereocenters. The topological polar surface area (TPSA) is 79.6 Å². The van der Waals surface area contributed by atoms with Crippen LogP contribution in [0.4, 0.5) is 6.01 Å². The SMILES string of the molecule is CSCCC(Nc1nnc(C)o1)c1nc2ccccc2[nH]1. The Kier molecular flexibility index (Phi) is 4.10. The smallest absolute Gasteiger partial charge is 0.316 e. The first-order valence-corrected chi connectivity index (χ1v) is 8.16. The molecule has 0 bridgehead atoms. The zero-order valence-corrected chi connectivity index (χ0v) is 12.8. The molecule has 0 aliphatic rings. The fraction of sp³-hybridized carbons (Fsp3) is 0.357. The van der Waals surface area contributed by atoms with Gasteiger partial charge in [-0.3, -0.25) is 0 Å². The van der Waals surface area contributed by atoms with Crippen molar-refractivity contribution in [3.63, 3.8) is 0 Å². The molecule has 2 heterocycles. The van der Waals surface area contributed by atoms with Crippen molar-refractivity contribution in [2.24, 2.45) is 0 Å². The van der Waals surface area contributed by atoms with Crippen molar-refractivity contribution in [3.05, 3.63) is 36.0 Å². The van der Waals surface area contributed by atoms with Crippen molar-refractivity contribution in [3.8, 4) is 0 Å². The number of rotatable bonds is 6. The number of para-hydroxylation sites is 2. The molecular weight excluding hydrogens is 286 g/mol. The number of aromatic amines is 1. The van der Waals surface area contributed by atoms with Gasteiger partial charge >= 0.3 is 6.01 Å². The minimum Gasteiger partial charge on any atom is -0.408 e. The van der Waals surface area contributed by atoms with Crippen LogP contribution >= 0.6 is 11.8 Å². The third-order valence-electron chi connectivity index (χ3n) is 3.17. The molecule has 2 aromatic heterocycles. The highest BCUT2D eigenvalue weighted by molar-refractivity contribution is 7.98. The first-order chi connectivity index (χ1) is 10.3. The molecule has 0 spiro atoms. The van der Waals surface area contributed by atoms with Gasteiger partial charge in [-0.05, 0) is 30.6 Å². The molecule has 110 valence electrons. The lowest BCUT2D eigenvalue weighted by Gasteiger charge is -2.14. The molecule has 3 aromatic rings. The van der Waals surface area contributed by atoms with Crippen LogP contribution in [0.5, 0.6) is 0 Å². The Morgan fingerprint density at radius 3 is 2.90 bits per heavy atom. The van der Waals surface area contributed by atoms with E-state index in [2.05, 4.69) is 31.7 Å². The number of imidazole rings is 1. The van der Waals surface area contributed by atoms with Gasteiger partial charge in [0.1, 0.15) is 5.82 Å². The summed E-state index contributed by atoms with van der Waals surface area (Å²) in [6.45, 7) is 1.77. The number of hydrogen-bond donors (Lipinski definition) is 2. The summed E-state index contributed by atoms with van der Waals surface area (Å²) in [6, 6.07) is 8.45. The van der Waals surface area contributed by atoms with Crippen LogP contribution in [0.1, 0.15) is 24.2 Å². The van der Waals surface area contributed by atoms with Gasteiger partial charge in [0.15, 0.2) is 0 Å². The number of H-pyrrole nitrogens is 1. The van der Waals surface area contributed by atoms with Crippen LogP contribution in [-0.4, -0.2) is 32.2 Å². The molecule has 0 aliphatic carbocycles. The van der Waals surface area contributed by atoms with Crippen LogP contribution in [0, 0.1) is 6.92 Å². The second kappa shape index (κ2) is 6.17. The van der Waals surface area contributed by atoms with Crippen LogP contribution in [-0.2, 0) is 0 Å². The van der Waals surface area contributed by atoms with Gasteiger partial charge in [0.25, 0.3) is 0 Å². The predicted molar refractivity (Wildman–Crippen MR) is 84.5 cm³/mol. The minimum absolute atomic E-state index is 0.0182. The summed E-state index contributed by atoms with van der Waals surface area (Å²) < 4.78 is 5.41. The summed E-state index contributed by atoms with van der Waals surface area (Å²) in [4.78, 5) is 8.01. The van der Waals surface area contributed by atoms with Gasteiger partial charge in [-0.1, -0.05) is 17.2 Å². The zero-order valence-electron chi connectivity index (χ0n) is 12.0. The van der Waals surface area contributed by atoms with E-state index < -0.39 is 0 Å². The van der Waals surface area contributed by atoms with E-state index in [9.17, 15) is 0 Å². The number of aromatic nitrogens is 4. The second-order valence-corrected chi connectivity index (χ2v) is 5.73. The average Bonchev–Trinajstić information content (AvgIpc) is 3.09. The zero-order chi connectivity index (χ0) is 14.7. The maximum Gasteiger partial charge on any atom is 0.316 e. The number of benzene rings is 1. The summed E-state index contributed by atoms with van der Waals surface area (Å²) in [5, 5.41) is 11.1. The Balaban J connectivity index is 1.86. The molecule has 21 heavy (non-hydrogen) atoms. The highest BCUT2D eigenvalue weighted by Gasteiger charge is 2.18. The molecule has 0 saturated carbocycles. The van der Waals surface area contributed by atoms with E-state index in [4.69, 9.17) is 4.42 Å². The quantitative estimate of drug-likeness (QED) is 0.728. The standard InChI is InChI=1S/C14H17N5OS/c1-9-18-19-14(20-9)17-12(7-8-21-2)13-15-10-5-3-4-6-11(10)16-13/h3-6,12H,7-8H2,1-2H3,(H,15,16)(H,17,19). The first kappa shape index (κ1) is 13.9. The number of aryl methyl sites for hydroxylation is 1. The van der Waals surface area contributed by atoms with Crippen molar-refractivity contribution in [1.29, 1.82) is 0 Å². The Bertz CT molecular complexity index is 690. The molecule has 0 fully saturated rings. The van der Waals surface area contributed by atoms with Crippen LogP contribution in [0.2, 0.25) is 0 Å². The van der Waals surface area contributed by atoms with Gasteiger partial charge < -0.3 is 14.7 Å². The lowest BCUT2D eigenvalue weighted by Crippen LogP contribution is -2.13. The number of fused-ring (bicyclic) bond motifs is 1. The van der Waals surface area contributed by atoms with Crippen LogP contribution in [0.15, 0.2) is 28.7 Å². The number of anilines is 1. The van der Waals surface area contributed by atoms with Crippen molar-refractivity contribution >= 4 is 28.8 Å². The van der Waals surface area contributed by atoms with Crippen molar-refractivity contribution in [2.45, 2.75) is 19.4 Å². The molecular formula is C14H17N5OS. The van der Waals surface area contributed by atoms with Crippen molar-refractivity contribution in [1.82, 2.24) is 20.2 Å². The molecule has 0 radical (unpaired) electrons. The minimum atomic E-state index is 0.0182. The lowest BCUT2D eigenvalue weighted by molar-refractivity contribution is 0.519. The van der Waals surface area contributed by atoms with E-state index in [0.29, 0.717) is 11.9 Å². The third kappa shape index (κ3) is 3.18. The fourth-order valence-electron chi connectivity index (χ4n) is 2.15. The van der Waals surface area contributed by atoms with Crippen LogP contribution < -0.4 is 5.32 Å². The molecule has 1 aromatic carbocycles. The molecule has 0 amide bonds. The number of nitrogens with zero attached hydrogens (tertiary/aromatic N) is 3. The van der Waals surface area contributed by atoms with E-state index in [1.807, 2.05) is 24.3 Å². The Hall–Kier alpha value is -2.02. The monoisotopic (exact) mass is 303 g/mol. The number of hydrogen-bond acceptors (Lipinski definition) is 6. The molecule has 1 unspecified atom stereocenters. The molecule has 0 aliphatic heterocycles. The summed E-state index contributed by atoms with van der Waals surface area (Å²) in [6.07, 6.45) is 3.01. The summed E-state index contributed by atoms with van der Waals surface area (Å²) in [5.74, 6) is 2.45. The van der Waals surface area contributed by atoms with E-state index >= 15 is 0 Å². The van der Waals surface area contributed by atoms with Gasteiger partial charge in [0.2, 0.25) is 5.89 Å². The normalized spacial score (nSPS) is 12.7. The van der Waals surface area contributed by atoms with Gasteiger partial charge in [0, 0.05) is 6.92 Å². The fourth-order valence-corrected chi connectivity index (χ4v) is 2.63. The number of nitrogens with one attached hydrogen (secondary N) is 2. The van der Waals surface area contributed by atoms with E-state index in [-0.39, 0.29) is 6.04 Å². The lowest BCUT2D eigenvalue weighted by atomic mass is 10.2. The molecule has 6 nitrogen and oxygen atoms in total. The van der Waals surface area contributed by atoms with E-state index in [1.165, 1.54) is 0 Å². The number of thioether (sulfide) groups is 1. The Morgan fingerprint density at radius 2 is 2.19 bits per heavy atom. The Morgan fingerprint density at radius 1 is 1.33 bits per heavy atom. The van der Waals surface area contributed by atoms with E-state index in [1.54, 1.807) is 18.7 Å². The summed E-state index contributed by atoms with van der Waals surface area (Å²) >= 11 is 1.80. The first-order valence-electron chi connectivity index (χ1n) is 6.76. The van der Waals surface area contributed by atoms with Crippen LogP contribution in [0.3, 0.4) is 0 Å². The van der Waals surface area contributed by atoms with Crippen LogP contribution in [0.25, 0.3) is 11.0 Å². The Labute approximate surface area is 126 Å². The van der Waals surface area contributed by atoms with Gasteiger partial charge in [-0.2, -0.15) is 11.8 Å². The van der Waals surface area contributed by atoms with Gasteiger partial charge in [-0.25, -0.2) is 4.98 Å². The third-order valence-corrected chi connectivity index (χ3v) is 3.82.